The van der Waals surface area contributed by atoms with Gasteiger partial charge in [-0.05, 0) is 30.5 Å². The number of nitrogens with zero attached hydrogens (tertiary/aromatic N) is 3. The van der Waals surface area contributed by atoms with E-state index in [1.807, 2.05) is 13.8 Å². The first-order valence-electron chi connectivity index (χ1n) is 6.99. The van der Waals surface area contributed by atoms with Gasteiger partial charge in [-0.25, -0.2) is 9.67 Å². The van der Waals surface area contributed by atoms with Gasteiger partial charge in [0, 0.05) is 18.9 Å². The maximum Gasteiger partial charge on any atom is 0.270 e. The van der Waals surface area contributed by atoms with Crippen molar-refractivity contribution in [3.8, 4) is 5.82 Å². The lowest BCUT2D eigenvalue weighted by Crippen LogP contribution is -2.33. The van der Waals surface area contributed by atoms with Gasteiger partial charge in [0.2, 0.25) is 0 Å². The number of hydrogen-bond acceptors (Lipinski definition) is 4. The maximum atomic E-state index is 12.0. The van der Waals surface area contributed by atoms with E-state index in [0.29, 0.717) is 23.9 Å². The molecule has 0 saturated heterocycles. The summed E-state index contributed by atoms with van der Waals surface area (Å²) in [5.41, 5.74) is 0.305. The van der Waals surface area contributed by atoms with E-state index in [2.05, 4.69) is 15.4 Å². The molecular formula is C15H20N4O2. The van der Waals surface area contributed by atoms with Gasteiger partial charge in [0.15, 0.2) is 5.82 Å². The predicted molar refractivity (Wildman–Crippen MR) is 79.2 cm³/mol. The standard InChI is InChI=1S/C15H20N4O2/c1-11(2)9-12(20)10-16-15(21)13-5-3-6-14(18-13)19-8-4-7-17-19/h3-8,11-12,20H,9-10H2,1-2H3,(H,16,21). The molecule has 2 aromatic rings. The van der Waals surface area contributed by atoms with Gasteiger partial charge in [-0.2, -0.15) is 5.10 Å². The molecule has 2 aromatic heterocycles. The van der Waals surface area contributed by atoms with Gasteiger partial charge < -0.3 is 10.4 Å². The van der Waals surface area contributed by atoms with Gasteiger partial charge in [0.25, 0.3) is 5.91 Å². The van der Waals surface area contributed by atoms with Crippen molar-refractivity contribution in [1.29, 1.82) is 0 Å². The summed E-state index contributed by atoms with van der Waals surface area (Å²) in [6, 6.07) is 6.95. The fourth-order valence-electron chi connectivity index (χ4n) is 2.01. The van der Waals surface area contributed by atoms with Gasteiger partial charge in [0.05, 0.1) is 6.10 Å². The van der Waals surface area contributed by atoms with Crippen LogP contribution in [-0.2, 0) is 0 Å². The number of pyridine rings is 1. The highest BCUT2D eigenvalue weighted by Gasteiger charge is 2.12. The van der Waals surface area contributed by atoms with Crippen molar-refractivity contribution in [2.45, 2.75) is 26.4 Å². The average molecular weight is 288 g/mol. The van der Waals surface area contributed by atoms with Crippen LogP contribution in [0.2, 0.25) is 0 Å². The molecule has 0 bridgehead atoms. The van der Waals surface area contributed by atoms with E-state index in [1.54, 1.807) is 41.3 Å². The first kappa shape index (κ1) is 15.2. The lowest BCUT2D eigenvalue weighted by atomic mass is 10.1. The van der Waals surface area contributed by atoms with Crippen molar-refractivity contribution in [2.75, 3.05) is 6.54 Å². The first-order chi connectivity index (χ1) is 10.1. The zero-order valence-corrected chi connectivity index (χ0v) is 12.2. The fraction of sp³-hybridized carbons (Fsp3) is 0.400. The SMILES string of the molecule is CC(C)CC(O)CNC(=O)c1cccc(-n2cccn2)n1. The maximum absolute atomic E-state index is 12.0. The Morgan fingerprint density at radius 3 is 2.86 bits per heavy atom. The molecule has 0 aromatic carbocycles. The summed E-state index contributed by atoms with van der Waals surface area (Å²) >= 11 is 0. The van der Waals surface area contributed by atoms with Crippen molar-refractivity contribution < 1.29 is 9.90 Å². The zero-order chi connectivity index (χ0) is 15.2. The second-order valence-electron chi connectivity index (χ2n) is 5.33. The molecule has 0 radical (unpaired) electrons. The molecule has 6 heteroatoms. The van der Waals surface area contributed by atoms with E-state index in [0.717, 1.165) is 0 Å². The number of aliphatic hydroxyl groups excluding tert-OH is 1. The van der Waals surface area contributed by atoms with Crippen LogP contribution in [-0.4, -0.2) is 38.4 Å². The molecule has 0 aliphatic rings. The Morgan fingerprint density at radius 1 is 1.38 bits per heavy atom. The van der Waals surface area contributed by atoms with E-state index < -0.39 is 6.10 Å². The molecule has 21 heavy (non-hydrogen) atoms. The average Bonchev–Trinajstić information content (AvgIpc) is 2.98. The summed E-state index contributed by atoms with van der Waals surface area (Å²) in [4.78, 5) is 16.3. The van der Waals surface area contributed by atoms with Crippen LogP contribution < -0.4 is 5.32 Å². The molecule has 112 valence electrons. The van der Waals surface area contributed by atoms with Crippen molar-refractivity contribution in [3.05, 3.63) is 42.4 Å². The Hall–Kier alpha value is -2.21. The van der Waals surface area contributed by atoms with Crippen molar-refractivity contribution in [2.24, 2.45) is 5.92 Å². The second-order valence-corrected chi connectivity index (χ2v) is 5.33. The van der Waals surface area contributed by atoms with Crippen LogP contribution in [0.1, 0.15) is 30.8 Å². The summed E-state index contributed by atoms with van der Waals surface area (Å²) in [6.45, 7) is 4.28. The highest BCUT2D eigenvalue weighted by Crippen LogP contribution is 2.06. The number of aliphatic hydroxyl groups is 1. The number of hydrogen-bond donors (Lipinski definition) is 2. The highest BCUT2D eigenvalue weighted by atomic mass is 16.3. The third-order valence-electron chi connectivity index (χ3n) is 2.95. The van der Waals surface area contributed by atoms with Gasteiger partial charge in [0.1, 0.15) is 5.69 Å². The molecule has 0 fully saturated rings. The Labute approximate surface area is 123 Å². The molecule has 1 unspecified atom stereocenters. The minimum absolute atomic E-state index is 0.227. The smallest absolute Gasteiger partial charge is 0.270 e. The van der Waals surface area contributed by atoms with Gasteiger partial charge in [-0.15, -0.1) is 0 Å². The van der Waals surface area contributed by atoms with Crippen LogP contribution in [0.15, 0.2) is 36.7 Å². The lowest BCUT2D eigenvalue weighted by Gasteiger charge is -2.13. The van der Waals surface area contributed by atoms with Gasteiger partial charge >= 0.3 is 0 Å². The van der Waals surface area contributed by atoms with Crippen LogP contribution in [0, 0.1) is 5.92 Å². The molecule has 0 spiro atoms. The van der Waals surface area contributed by atoms with Crippen molar-refractivity contribution in [1.82, 2.24) is 20.1 Å². The first-order valence-corrected chi connectivity index (χ1v) is 6.99. The Bertz CT molecular complexity index is 581. The summed E-state index contributed by atoms with van der Waals surface area (Å²) < 4.78 is 1.59. The normalized spacial score (nSPS) is 12.4. The Morgan fingerprint density at radius 2 is 2.19 bits per heavy atom. The largest absolute Gasteiger partial charge is 0.391 e. The van der Waals surface area contributed by atoms with E-state index in [9.17, 15) is 9.90 Å². The number of nitrogens with one attached hydrogen (secondary N) is 1. The number of carbonyl (C=O) groups is 1. The number of carbonyl (C=O) groups excluding carboxylic acids is 1. The quantitative estimate of drug-likeness (QED) is 0.842. The zero-order valence-electron chi connectivity index (χ0n) is 12.2. The minimum atomic E-state index is -0.539. The van der Waals surface area contributed by atoms with E-state index >= 15 is 0 Å². The molecule has 2 N–H and O–H groups in total. The van der Waals surface area contributed by atoms with E-state index in [-0.39, 0.29) is 12.5 Å². The highest BCUT2D eigenvalue weighted by molar-refractivity contribution is 5.92. The topological polar surface area (TPSA) is 80.0 Å². The Balaban J connectivity index is 1.98. The molecular weight excluding hydrogens is 268 g/mol. The molecule has 0 aliphatic carbocycles. The number of aromatic nitrogens is 3. The van der Waals surface area contributed by atoms with Crippen LogP contribution in [0.25, 0.3) is 5.82 Å². The van der Waals surface area contributed by atoms with Gasteiger partial charge in [-0.3, -0.25) is 4.79 Å². The van der Waals surface area contributed by atoms with Crippen LogP contribution in [0.4, 0.5) is 0 Å². The summed E-state index contributed by atoms with van der Waals surface area (Å²) in [7, 11) is 0. The van der Waals surface area contributed by atoms with Crippen molar-refractivity contribution >= 4 is 5.91 Å². The fourth-order valence-corrected chi connectivity index (χ4v) is 2.01. The van der Waals surface area contributed by atoms with Crippen molar-refractivity contribution in [3.63, 3.8) is 0 Å². The minimum Gasteiger partial charge on any atom is -0.391 e. The van der Waals surface area contributed by atoms with E-state index in [1.165, 1.54) is 0 Å². The van der Waals surface area contributed by atoms with E-state index in [4.69, 9.17) is 0 Å². The molecule has 2 heterocycles. The lowest BCUT2D eigenvalue weighted by molar-refractivity contribution is 0.0895. The van der Waals surface area contributed by atoms with Gasteiger partial charge in [-0.1, -0.05) is 19.9 Å². The molecule has 0 aliphatic heterocycles. The summed E-state index contributed by atoms with van der Waals surface area (Å²) in [5.74, 6) is 0.667. The summed E-state index contributed by atoms with van der Waals surface area (Å²) in [6.07, 6.45) is 3.52. The van der Waals surface area contributed by atoms with Crippen LogP contribution in [0.3, 0.4) is 0 Å². The predicted octanol–water partition coefficient (Wildman–Crippen LogP) is 1.40. The molecule has 1 amide bonds. The number of amides is 1. The third-order valence-corrected chi connectivity index (χ3v) is 2.95. The molecule has 2 rings (SSSR count). The molecule has 6 nitrogen and oxygen atoms in total. The second kappa shape index (κ2) is 6.99. The Kier molecular flexibility index (Phi) is 5.05. The third kappa shape index (κ3) is 4.39. The van der Waals surface area contributed by atoms with Crippen LogP contribution >= 0.6 is 0 Å². The number of rotatable bonds is 6. The monoisotopic (exact) mass is 288 g/mol. The molecule has 0 saturated carbocycles. The van der Waals surface area contributed by atoms with Crippen LogP contribution in [0.5, 0.6) is 0 Å². The molecule has 1 atom stereocenters. The summed E-state index contributed by atoms with van der Waals surface area (Å²) in [5, 5.41) is 16.5.